The van der Waals surface area contributed by atoms with E-state index in [1.54, 1.807) is 45.5 Å². The van der Waals surface area contributed by atoms with Crippen molar-refractivity contribution in [2.75, 3.05) is 84.2 Å². The number of carbonyl (C=O) groups excluding carboxylic acids is 3. The Hall–Kier alpha value is -8.15. The number of esters is 2. The smallest absolute Gasteiger partial charge is 0.410 e. The number of aliphatic hydroxyl groups excluding tert-OH is 1. The van der Waals surface area contributed by atoms with Gasteiger partial charge in [0.1, 0.15) is 36.9 Å². The molecule has 2 N–H and O–H groups in total. The first kappa shape index (κ1) is 60.4. The number of benzene rings is 6. The van der Waals surface area contributed by atoms with Gasteiger partial charge in [0, 0.05) is 7.05 Å². The molecule has 6 aromatic carbocycles. The molecular weight excluding hydrogens is 977 g/mol. The van der Waals surface area contributed by atoms with Crippen LogP contribution in [0, 0.1) is 0 Å². The predicted octanol–water partition coefficient (Wildman–Crippen LogP) is 10.0. The number of likely N-dealkylation sites (N-methyl/N-ethyl adjacent to an activating group) is 2. The number of rotatable bonds is 23. The molecule has 0 radical (unpaired) electrons. The quantitative estimate of drug-likeness (QED) is 0.0455. The van der Waals surface area contributed by atoms with Crippen LogP contribution in [0.4, 0.5) is 4.79 Å². The number of hydrogen-bond acceptors (Lipinski definition) is 16. The maximum Gasteiger partial charge on any atom is 0.410 e. The lowest BCUT2D eigenvalue weighted by molar-refractivity contribution is -0.000600. The number of nitrogens with one attached hydrogen (secondary N) is 1. The Morgan fingerprint density at radius 1 is 0.500 bits per heavy atom. The van der Waals surface area contributed by atoms with Crippen LogP contribution in [0.25, 0.3) is 0 Å². The summed E-state index contributed by atoms with van der Waals surface area (Å²) in [5.74, 6) is 2.72. The van der Waals surface area contributed by atoms with E-state index in [4.69, 9.17) is 57.2 Å². The Bertz CT molecular complexity index is 2640. The van der Waals surface area contributed by atoms with E-state index in [0.29, 0.717) is 52.2 Å². The van der Waals surface area contributed by atoms with E-state index in [1.165, 1.54) is 59.7 Å². The van der Waals surface area contributed by atoms with E-state index >= 15 is 0 Å². The van der Waals surface area contributed by atoms with Gasteiger partial charge < -0.3 is 62.5 Å². The normalized spacial score (nSPS) is 12.0. The molecular formula is C59H72N2O15. The monoisotopic (exact) mass is 1050 g/mol. The Labute approximate surface area is 446 Å². The second kappa shape index (κ2) is 30.3. The third-order valence-electron chi connectivity index (χ3n) is 12.8. The molecule has 6 rings (SSSR count). The standard InChI is InChI=1S/C30H35NO8.C21H27NO5.C8H10O2/c1-7-30(23-11-9-8-10-12-23,31(2)29(33)38-19-21-13-15-24(34-3)16-14-21)20-39-28(32)22-17-25(35-4)27(37-6)26(18-22)36-5;1-6-21(22-2,16-10-8-7-9-11-16)14-27-20(23)15-12-17(24-3)19(26-5)18(13-15)25-4;1-10-8-4-2-7(6-9)3-5-8/h8-18H,7,19-20H2,1-6H3;7-13,22H,6,14H2,1-5H3;2-5,9H,6H2,1H3/t30-;21-;/m11./s1. The number of carbonyl (C=O) groups is 3. The van der Waals surface area contributed by atoms with Crippen molar-refractivity contribution < 1.29 is 71.6 Å². The average molecular weight is 1050 g/mol. The largest absolute Gasteiger partial charge is 0.497 e. The van der Waals surface area contributed by atoms with Crippen LogP contribution in [0.5, 0.6) is 46.0 Å². The summed E-state index contributed by atoms with van der Waals surface area (Å²) in [6.07, 6.45) is 0.657. The molecule has 17 nitrogen and oxygen atoms in total. The number of nitrogens with zero attached hydrogens (tertiary/aromatic N) is 1. The Morgan fingerprint density at radius 2 is 0.908 bits per heavy atom. The van der Waals surface area contributed by atoms with Gasteiger partial charge in [-0.2, -0.15) is 0 Å². The summed E-state index contributed by atoms with van der Waals surface area (Å²) in [6, 6.07) is 40.1. The minimum atomic E-state index is -0.992. The summed E-state index contributed by atoms with van der Waals surface area (Å²) < 4.78 is 59.2. The number of aliphatic hydroxyl groups is 1. The SMILES string of the molecule is CC[C@@](COC(=O)c1cc(OC)c(OC)c(OC)c1)(c1ccccc1)N(C)C(=O)OCc1ccc(OC)cc1.CC[C@](COC(=O)c1cc(OC)c(OC)c(OC)c1)(NC)c1ccccc1.COc1ccc(CO)cc1. The molecule has 6 aromatic rings. The van der Waals surface area contributed by atoms with Crippen molar-refractivity contribution in [3.05, 3.63) is 167 Å². The van der Waals surface area contributed by atoms with Gasteiger partial charge in [-0.15, -0.1) is 0 Å². The molecule has 0 unspecified atom stereocenters. The van der Waals surface area contributed by atoms with Gasteiger partial charge in [-0.05, 0) is 90.7 Å². The highest BCUT2D eigenvalue weighted by molar-refractivity contribution is 5.92. The van der Waals surface area contributed by atoms with Gasteiger partial charge in [0.2, 0.25) is 11.5 Å². The number of ether oxygens (including phenoxy) is 11. The second-order valence-electron chi connectivity index (χ2n) is 16.8. The van der Waals surface area contributed by atoms with Crippen molar-refractivity contribution in [1.82, 2.24) is 10.2 Å². The van der Waals surface area contributed by atoms with Crippen LogP contribution < -0.4 is 43.2 Å². The van der Waals surface area contributed by atoms with Gasteiger partial charge in [-0.3, -0.25) is 4.90 Å². The summed E-state index contributed by atoms with van der Waals surface area (Å²) in [6.45, 7) is 4.22. The lowest BCUT2D eigenvalue weighted by Gasteiger charge is -2.40. The van der Waals surface area contributed by atoms with Crippen LogP contribution in [0.15, 0.2) is 133 Å². The van der Waals surface area contributed by atoms with Crippen molar-refractivity contribution in [2.24, 2.45) is 0 Å². The molecule has 0 aromatic heterocycles. The first-order valence-electron chi connectivity index (χ1n) is 24.3. The van der Waals surface area contributed by atoms with Gasteiger partial charge >= 0.3 is 18.0 Å². The van der Waals surface area contributed by atoms with Crippen LogP contribution in [-0.2, 0) is 38.5 Å². The zero-order valence-corrected chi connectivity index (χ0v) is 45.6. The molecule has 0 saturated heterocycles. The minimum Gasteiger partial charge on any atom is -0.497 e. The molecule has 0 fully saturated rings. The zero-order chi connectivity index (χ0) is 55.7. The average Bonchev–Trinajstić information content (AvgIpc) is 3.48. The van der Waals surface area contributed by atoms with Crippen LogP contribution in [0.3, 0.4) is 0 Å². The van der Waals surface area contributed by atoms with Crippen molar-refractivity contribution in [3.8, 4) is 46.0 Å². The van der Waals surface area contributed by atoms with Gasteiger partial charge in [0.25, 0.3) is 0 Å². The van der Waals surface area contributed by atoms with Crippen LogP contribution in [0.2, 0.25) is 0 Å². The molecule has 1 amide bonds. The summed E-state index contributed by atoms with van der Waals surface area (Å²) in [4.78, 5) is 40.6. The van der Waals surface area contributed by atoms with Gasteiger partial charge in [0.05, 0.1) is 80.2 Å². The van der Waals surface area contributed by atoms with Gasteiger partial charge in [-0.25, -0.2) is 14.4 Å². The minimum absolute atomic E-state index is 0.0764. The maximum atomic E-state index is 13.3. The summed E-state index contributed by atoms with van der Waals surface area (Å²) >= 11 is 0. The highest BCUT2D eigenvalue weighted by atomic mass is 16.6. The Balaban J connectivity index is 0.000000289. The number of methoxy groups -OCH3 is 8. The molecule has 76 heavy (non-hydrogen) atoms. The molecule has 2 atom stereocenters. The summed E-state index contributed by atoms with van der Waals surface area (Å²) in [5.41, 5.74) is 2.67. The van der Waals surface area contributed by atoms with E-state index in [0.717, 1.165) is 34.4 Å². The van der Waals surface area contributed by atoms with Gasteiger partial charge in [0.15, 0.2) is 23.0 Å². The zero-order valence-electron chi connectivity index (χ0n) is 45.6. The fourth-order valence-electron chi connectivity index (χ4n) is 8.01. The topological polar surface area (TPSA) is 188 Å². The van der Waals surface area contributed by atoms with E-state index in [1.807, 2.05) is 111 Å². The lowest BCUT2D eigenvalue weighted by atomic mass is 9.86. The Morgan fingerprint density at radius 3 is 1.26 bits per heavy atom. The molecule has 0 aliphatic rings. The fraction of sp³-hybridized carbons (Fsp3) is 0.339. The van der Waals surface area contributed by atoms with Crippen molar-refractivity contribution in [2.45, 2.75) is 51.0 Å². The predicted molar refractivity (Wildman–Crippen MR) is 289 cm³/mol. The lowest BCUT2D eigenvalue weighted by Crippen LogP contribution is -2.50. The molecule has 0 aliphatic heterocycles. The highest BCUT2D eigenvalue weighted by Gasteiger charge is 2.40. The van der Waals surface area contributed by atoms with Crippen LogP contribution >= 0.6 is 0 Å². The number of amides is 1. The molecule has 0 spiro atoms. The third kappa shape index (κ3) is 15.5. The number of hydrogen-bond donors (Lipinski definition) is 2. The molecule has 0 bridgehead atoms. The molecule has 0 saturated carbocycles. The fourth-order valence-corrected chi connectivity index (χ4v) is 8.01. The van der Waals surface area contributed by atoms with E-state index in [9.17, 15) is 14.4 Å². The first-order chi connectivity index (χ1) is 36.7. The first-order valence-corrected chi connectivity index (χ1v) is 24.3. The van der Waals surface area contributed by atoms with Crippen molar-refractivity contribution in [3.63, 3.8) is 0 Å². The maximum absolute atomic E-state index is 13.3. The highest BCUT2D eigenvalue weighted by Crippen LogP contribution is 2.40. The molecule has 0 heterocycles. The van der Waals surface area contributed by atoms with Crippen LogP contribution in [0.1, 0.15) is 69.7 Å². The van der Waals surface area contributed by atoms with E-state index in [2.05, 4.69) is 12.2 Å². The third-order valence-corrected chi connectivity index (χ3v) is 12.8. The van der Waals surface area contributed by atoms with Gasteiger partial charge in [-0.1, -0.05) is 98.8 Å². The van der Waals surface area contributed by atoms with E-state index in [-0.39, 0.29) is 32.0 Å². The van der Waals surface area contributed by atoms with Crippen LogP contribution in [-0.4, -0.2) is 112 Å². The molecule has 17 heteroatoms. The summed E-state index contributed by atoms with van der Waals surface area (Å²) in [5, 5.41) is 12.0. The molecule has 0 aliphatic carbocycles. The van der Waals surface area contributed by atoms with E-state index < -0.39 is 29.1 Å². The molecule has 408 valence electrons. The Kier molecular flexibility index (Phi) is 24.1. The second-order valence-corrected chi connectivity index (χ2v) is 16.8. The van der Waals surface area contributed by atoms with Crippen molar-refractivity contribution >= 4 is 18.0 Å². The summed E-state index contributed by atoms with van der Waals surface area (Å²) in [7, 11) is 15.7. The van der Waals surface area contributed by atoms with Crippen molar-refractivity contribution in [1.29, 1.82) is 0 Å².